The van der Waals surface area contributed by atoms with E-state index < -0.39 is 17.5 Å². The SMILES string of the molecule is Cc1c([N+](=O)[O-])ccc(OCC(=O)O)c1Br. The molecule has 0 aromatic heterocycles. The van der Waals surface area contributed by atoms with Gasteiger partial charge in [0, 0.05) is 11.6 Å². The average molecular weight is 290 g/mol. The summed E-state index contributed by atoms with van der Waals surface area (Å²) in [5.41, 5.74) is 0.349. The highest BCUT2D eigenvalue weighted by Gasteiger charge is 2.16. The minimum absolute atomic E-state index is 0.0467. The van der Waals surface area contributed by atoms with Crippen LogP contribution in [0.1, 0.15) is 5.56 Å². The third-order valence-electron chi connectivity index (χ3n) is 1.87. The maximum atomic E-state index is 10.6. The van der Waals surface area contributed by atoms with Gasteiger partial charge in [0.05, 0.1) is 9.40 Å². The molecule has 16 heavy (non-hydrogen) atoms. The molecular formula is C9H8BrNO5. The molecule has 0 spiro atoms. The molecule has 0 atom stereocenters. The maximum Gasteiger partial charge on any atom is 0.341 e. The normalized spacial score (nSPS) is 9.88. The van der Waals surface area contributed by atoms with Gasteiger partial charge in [0.25, 0.3) is 5.69 Å². The minimum atomic E-state index is -1.11. The Morgan fingerprint density at radius 3 is 2.75 bits per heavy atom. The lowest BCUT2D eigenvalue weighted by atomic mass is 10.2. The van der Waals surface area contributed by atoms with Gasteiger partial charge in [-0.25, -0.2) is 4.79 Å². The van der Waals surface area contributed by atoms with Crippen molar-refractivity contribution in [3.8, 4) is 5.75 Å². The molecule has 0 aliphatic rings. The van der Waals surface area contributed by atoms with Crippen molar-refractivity contribution in [2.75, 3.05) is 6.61 Å². The van der Waals surface area contributed by atoms with Crippen LogP contribution in [0.15, 0.2) is 16.6 Å². The Labute approximate surface area is 99.1 Å². The lowest BCUT2D eigenvalue weighted by Crippen LogP contribution is -2.10. The van der Waals surface area contributed by atoms with E-state index in [1.54, 1.807) is 6.92 Å². The van der Waals surface area contributed by atoms with Crippen molar-refractivity contribution in [1.29, 1.82) is 0 Å². The number of aliphatic carboxylic acids is 1. The van der Waals surface area contributed by atoms with Crippen LogP contribution in [-0.4, -0.2) is 22.6 Å². The van der Waals surface area contributed by atoms with Crippen LogP contribution in [0.25, 0.3) is 0 Å². The molecule has 0 saturated heterocycles. The number of rotatable bonds is 4. The number of nitro benzene ring substituents is 1. The van der Waals surface area contributed by atoms with Gasteiger partial charge in [-0.3, -0.25) is 10.1 Å². The molecule has 0 heterocycles. The van der Waals surface area contributed by atoms with E-state index >= 15 is 0 Å². The summed E-state index contributed by atoms with van der Waals surface area (Å²) in [4.78, 5) is 20.4. The molecule has 6 nitrogen and oxygen atoms in total. The highest BCUT2D eigenvalue weighted by atomic mass is 79.9. The average Bonchev–Trinajstić information content (AvgIpc) is 2.19. The minimum Gasteiger partial charge on any atom is -0.481 e. The third kappa shape index (κ3) is 2.69. The molecule has 0 bridgehead atoms. The van der Waals surface area contributed by atoms with E-state index in [4.69, 9.17) is 9.84 Å². The van der Waals surface area contributed by atoms with E-state index in [0.29, 0.717) is 10.0 Å². The van der Waals surface area contributed by atoms with Gasteiger partial charge in [-0.05, 0) is 28.9 Å². The summed E-state index contributed by atoms with van der Waals surface area (Å²) in [7, 11) is 0. The first-order chi connectivity index (χ1) is 7.43. The summed E-state index contributed by atoms with van der Waals surface area (Å²) in [5.74, 6) is -0.839. The molecule has 0 aliphatic heterocycles. The number of hydrogen-bond acceptors (Lipinski definition) is 4. The van der Waals surface area contributed by atoms with Crippen molar-refractivity contribution >= 4 is 27.6 Å². The second-order valence-electron chi connectivity index (χ2n) is 2.96. The van der Waals surface area contributed by atoms with Gasteiger partial charge < -0.3 is 9.84 Å². The Balaban J connectivity index is 3.02. The molecule has 0 aliphatic carbocycles. The van der Waals surface area contributed by atoms with E-state index in [0.717, 1.165) is 0 Å². The Hall–Kier alpha value is -1.63. The van der Waals surface area contributed by atoms with Crippen molar-refractivity contribution in [1.82, 2.24) is 0 Å². The van der Waals surface area contributed by atoms with Gasteiger partial charge in [-0.15, -0.1) is 0 Å². The molecular weight excluding hydrogens is 282 g/mol. The number of carboxylic acid groups (broad SMARTS) is 1. The fraction of sp³-hybridized carbons (Fsp3) is 0.222. The Morgan fingerprint density at radius 1 is 1.62 bits per heavy atom. The molecule has 0 saturated carbocycles. The topological polar surface area (TPSA) is 89.7 Å². The summed E-state index contributed by atoms with van der Waals surface area (Å²) >= 11 is 3.13. The first kappa shape index (κ1) is 12.4. The van der Waals surface area contributed by atoms with Crippen LogP contribution in [0, 0.1) is 17.0 Å². The largest absolute Gasteiger partial charge is 0.481 e. The monoisotopic (exact) mass is 289 g/mol. The van der Waals surface area contributed by atoms with E-state index in [1.807, 2.05) is 0 Å². The summed E-state index contributed by atoms with van der Waals surface area (Å²) in [6.45, 7) is 1.06. The zero-order chi connectivity index (χ0) is 12.3. The first-order valence-electron chi connectivity index (χ1n) is 4.21. The number of carboxylic acids is 1. The third-order valence-corrected chi connectivity index (χ3v) is 2.86. The van der Waals surface area contributed by atoms with Crippen LogP contribution >= 0.6 is 15.9 Å². The predicted octanol–water partition coefficient (Wildman–Crippen LogP) is 2.13. The van der Waals surface area contributed by atoms with Gasteiger partial charge >= 0.3 is 5.97 Å². The van der Waals surface area contributed by atoms with Gasteiger partial charge in [-0.2, -0.15) is 0 Å². The Kier molecular flexibility index (Phi) is 3.83. The lowest BCUT2D eigenvalue weighted by Gasteiger charge is -2.07. The molecule has 1 aromatic rings. The summed E-state index contributed by atoms with van der Waals surface area (Å²) < 4.78 is 5.34. The van der Waals surface area contributed by atoms with Crippen LogP contribution in [0.3, 0.4) is 0 Å². The van der Waals surface area contributed by atoms with Crippen molar-refractivity contribution in [2.24, 2.45) is 0 Å². The second-order valence-corrected chi connectivity index (χ2v) is 3.75. The van der Waals surface area contributed by atoms with Crippen LogP contribution in [-0.2, 0) is 4.79 Å². The van der Waals surface area contributed by atoms with Crippen molar-refractivity contribution in [3.63, 3.8) is 0 Å². The summed E-state index contributed by atoms with van der Waals surface area (Å²) in [5, 5.41) is 19.0. The second kappa shape index (κ2) is 4.93. The highest BCUT2D eigenvalue weighted by Crippen LogP contribution is 2.34. The molecule has 0 radical (unpaired) electrons. The van der Waals surface area contributed by atoms with Crippen molar-refractivity contribution < 1.29 is 19.6 Å². The highest BCUT2D eigenvalue weighted by molar-refractivity contribution is 9.10. The van der Waals surface area contributed by atoms with Gasteiger partial charge in [0.1, 0.15) is 5.75 Å². The standard InChI is InChI=1S/C9H8BrNO5/c1-5-6(11(14)15)2-3-7(9(5)10)16-4-8(12)13/h2-3H,4H2,1H3,(H,12,13). The van der Waals surface area contributed by atoms with Gasteiger partial charge in [0.2, 0.25) is 0 Å². The summed E-state index contributed by atoms with van der Waals surface area (Å²) in [6.07, 6.45) is 0. The summed E-state index contributed by atoms with van der Waals surface area (Å²) in [6, 6.07) is 2.63. The number of nitro groups is 1. The number of hydrogen-bond donors (Lipinski definition) is 1. The molecule has 0 amide bonds. The zero-order valence-corrected chi connectivity index (χ0v) is 9.85. The number of ether oxygens (including phenoxy) is 1. The molecule has 0 unspecified atom stereocenters. The van der Waals surface area contributed by atoms with Crippen LogP contribution in [0.5, 0.6) is 5.75 Å². The first-order valence-corrected chi connectivity index (χ1v) is 5.01. The molecule has 7 heteroatoms. The number of nitrogens with zero attached hydrogens (tertiary/aromatic N) is 1. The fourth-order valence-electron chi connectivity index (χ4n) is 1.10. The number of halogens is 1. The maximum absolute atomic E-state index is 10.6. The smallest absolute Gasteiger partial charge is 0.341 e. The van der Waals surface area contributed by atoms with Crippen molar-refractivity contribution in [3.05, 3.63) is 32.3 Å². The number of carbonyl (C=O) groups is 1. The molecule has 1 N–H and O–H groups in total. The molecule has 0 fully saturated rings. The quantitative estimate of drug-likeness (QED) is 0.677. The van der Waals surface area contributed by atoms with E-state index in [-0.39, 0.29) is 11.4 Å². The van der Waals surface area contributed by atoms with E-state index in [1.165, 1.54) is 12.1 Å². The van der Waals surface area contributed by atoms with Crippen molar-refractivity contribution in [2.45, 2.75) is 6.92 Å². The molecule has 1 aromatic carbocycles. The van der Waals surface area contributed by atoms with Gasteiger partial charge in [0.15, 0.2) is 6.61 Å². The molecule has 1 rings (SSSR count). The zero-order valence-electron chi connectivity index (χ0n) is 8.27. The van der Waals surface area contributed by atoms with Crippen LogP contribution < -0.4 is 4.74 Å². The number of benzene rings is 1. The van der Waals surface area contributed by atoms with Crippen LogP contribution in [0.4, 0.5) is 5.69 Å². The van der Waals surface area contributed by atoms with Crippen LogP contribution in [0.2, 0.25) is 0 Å². The van der Waals surface area contributed by atoms with Gasteiger partial charge in [-0.1, -0.05) is 0 Å². The fourth-order valence-corrected chi connectivity index (χ4v) is 1.55. The molecule has 86 valence electrons. The Bertz CT molecular complexity index is 446. The Morgan fingerprint density at radius 2 is 2.25 bits per heavy atom. The lowest BCUT2D eigenvalue weighted by molar-refractivity contribution is -0.385. The van der Waals surface area contributed by atoms with E-state index in [9.17, 15) is 14.9 Å². The van der Waals surface area contributed by atoms with E-state index in [2.05, 4.69) is 15.9 Å². The predicted molar refractivity (Wildman–Crippen MR) is 58.7 cm³/mol.